The lowest BCUT2D eigenvalue weighted by Crippen LogP contribution is -2.54. The number of halogens is 3. The maximum Gasteiger partial charge on any atom is 0.359 e. The van der Waals surface area contributed by atoms with Gasteiger partial charge in [-0.3, -0.25) is 4.79 Å². The van der Waals surface area contributed by atoms with Crippen LogP contribution in [0.4, 0.5) is 25.1 Å². The number of hydrogen-bond donors (Lipinski definition) is 6. The smallest absolute Gasteiger partial charge is 0.359 e. The monoisotopic (exact) mass is 855 g/mol. The summed E-state index contributed by atoms with van der Waals surface area (Å²) in [5, 5.41) is 15.2. The molecule has 1 aromatic heterocycles. The van der Waals surface area contributed by atoms with Crippen LogP contribution in [0.15, 0.2) is 41.3 Å². The van der Waals surface area contributed by atoms with Crippen molar-refractivity contribution in [3.05, 3.63) is 47.1 Å². The van der Waals surface area contributed by atoms with Gasteiger partial charge in [0.05, 0.1) is 24.5 Å². The van der Waals surface area contributed by atoms with Crippen molar-refractivity contribution in [2.75, 3.05) is 88.3 Å². The Balaban J connectivity index is 1.10. The Bertz CT molecular complexity index is 1820. The first-order valence-electron chi connectivity index (χ1n) is 20.1. The quantitative estimate of drug-likeness (QED) is 0.0682. The van der Waals surface area contributed by atoms with Crippen LogP contribution in [-0.2, 0) is 25.5 Å². The SMILES string of the molecule is NCCC[N+](CCCN)(CCCNC(=O)NC1CCC(C(F)(F)c2cc(Cl)nc(N3CCN(S(=O)(=O)c4ccc(N5C[C@H](N)CC5=O)cc4)CC3)c2)CC1)CC(=O)O. The van der Waals surface area contributed by atoms with E-state index >= 15 is 8.78 Å². The van der Waals surface area contributed by atoms with Crippen LogP contribution < -0.4 is 37.6 Å². The summed E-state index contributed by atoms with van der Waals surface area (Å²) in [6, 6.07) is 7.67. The third-order valence-corrected chi connectivity index (χ3v) is 13.6. The Morgan fingerprint density at radius 1 is 0.966 bits per heavy atom. The molecular formula is C38H58ClF2N10O6S+. The molecule has 1 aliphatic carbocycles. The number of aromatic nitrogens is 1. The summed E-state index contributed by atoms with van der Waals surface area (Å²) in [6.45, 7) is 3.92. The minimum absolute atomic E-state index is 0.0462. The molecule has 5 rings (SSSR count). The predicted molar refractivity (Wildman–Crippen MR) is 217 cm³/mol. The van der Waals surface area contributed by atoms with E-state index in [2.05, 4.69) is 15.6 Å². The summed E-state index contributed by atoms with van der Waals surface area (Å²) < 4.78 is 60.8. The standard InChI is InChI=1S/C38H57ClF2N10O6S/c39-33-22-28(23-34(47-33)48-15-17-49(18-16-48)58(56,57)32-10-8-31(9-11-32)50-25-29(44)24-35(50)52)38(40,41)27-4-6-30(7-5-27)46-37(55)45-14-3-21-51(19-1-12-42,20-2-13-43)26-36(53)54/h8-11,22-23,27,29-30H,1-7,12-21,24-26,42-44H2,(H2-,45,46,53,54,55)/p+1/t27?,29-,30?/m1/s1. The average Bonchev–Trinajstić information content (AvgIpc) is 3.54. The van der Waals surface area contributed by atoms with E-state index in [9.17, 15) is 27.9 Å². The number of benzene rings is 1. The molecule has 2 aromatic rings. The number of hydrogen-bond acceptors (Lipinski definition) is 10. The zero-order valence-corrected chi connectivity index (χ0v) is 34.4. The number of carboxylic acid groups (broad SMARTS) is 1. The molecule has 2 aliphatic heterocycles. The summed E-state index contributed by atoms with van der Waals surface area (Å²) in [6.07, 6.45) is 3.20. The van der Waals surface area contributed by atoms with Crippen LogP contribution in [0.25, 0.3) is 0 Å². The number of alkyl halides is 2. The number of carbonyl (C=O) groups is 3. The molecule has 3 heterocycles. The van der Waals surface area contributed by atoms with E-state index in [0.717, 1.165) is 0 Å². The highest BCUT2D eigenvalue weighted by atomic mass is 35.5. The second kappa shape index (κ2) is 20.0. The van der Waals surface area contributed by atoms with Crippen molar-refractivity contribution in [3.63, 3.8) is 0 Å². The first-order chi connectivity index (χ1) is 27.6. The lowest BCUT2D eigenvalue weighted by atomic mass is 9.80. The van der Waals surface area contributed by atoms with Crippen LogP contribution in [0.3, 0.4) is 0 Å². The van der Waals surface area contributed by atoms with Gasteiger partial charge in [0.2, 0.25) is 15.9 Å². The molecule has 3 amide bonds. The van der Waals surface area contributed by atoms with Gasteiger partial charge in [0.1, 0.15) is 11.0 Å². The first-order valence-corrected chi connectivity index (χ1v) is 21.9. The average molecular weight is 856 g/mol. The fourth-order valence-electron chi connectivity index (χ4n) is 8.33. The molecule has 20 heteroatoms. The van der Waals surface area contributed by atoms with Gasteiger partial charge in [-0.05, 0) is 75.2 Å². The zero-order chi connectivity index (χ0) is 42.1. The lowest BCUT2D eigenvalue weighted by Gasteiger charge is -2.37. The number of rotatable bonds is 19. The number of piperazine rings is 1. The van der Waals surface area contributed by atoms with Crippen LogP contribution in [0.2, 0.25) is 5.15 Å². The van der Waals surface area contributed by atoms with Crippen LogP contribution in [-0.4, -0.2) is 136 Å². The summed E-state index contributed by atoms with van der Waals surface area (Å²) in [4.78, 5) is 44.3. The second-order valence-electron chi connectivity index (χ2n) is 15.7. The van der Waals surface area contributed by atoms with E-state index in [1.807, 2.05) is 0 Å². The molecule has 58 heavy (non-hydrogen) atoms. The molecule has 16 nitrogen and oxygen atoms in total. The number of pyridine rings is 1. The number of nitrogens with one attached hydrogen (secondary N) is 2. The van der Waals surface area contributed by atoms with E-state index < -0.39 is 33.9 Å². The van der Waals surface area contributed by atoms with Gasteiger partial charge in [0.15, 0.2) is 6.54 Å². The second-order valence-corrected chi connectivity index (χ2v) is 18.0. The molecule has 322 valence electrons. The minimum Gasteiger partial charge on any atom is -0.477 e. The normalized spacial score (nSPS) is 21.0. The third kappa shape index (κ3) is 11.5. The number of anilines is 2. The molecule has 0 unspecified atom stereocenters. The van der Waals surface area contributed by atoms with Gasteiger partial charge in [0.25, 0.3) is 5.92 Å². The number of nitrogens with two attached hydrogens (primary N) is 3. The van der Waals surface area contributed by atoms with E-state index in [1.165, 1.54) is 33.5 Å². The van der Waals surface area contributed by atoms with Crippen LogP contribution in [0.5, 0.6) is 0 Å². The van der Waals surface area contributed by atoms with Crippen molar-refractivity contribution in [3.8, 4) is 0 Å². The number of quaternary nitrogens is 1. The maximum absolute atomic E-state index is 16.1. The van der Waals surface area contributed by atoms with Crippen molar-refractivity contribution in [1.82, 2.24) is 19.9 Å². The number of carboxylic acids is 1. The molecule has 3 aliphatic rings. The molecular weight excluding hydrogens is 798 g/mol. The van der Waals surface area contributed by atoms with Crippen LogP contribution >= 0.6 is 11.6 Å². The fraction of sp³-hybridized carbons (Fsp3) is 0.632. The lowest BCUT2D eigenvalue weighted by molar-refractivity contribution is -0.921. The number of aliphatic carboxylic acids is 1. The molecule has 0 bridgehead atoms. The summed E-state index contributed by atoms with van der Waals surface area (Å²) in [7, 11) is -3.86. The van der Waals surface area contributed by atoms with Gasteiger partial charge in [-0.2, -0.15) is 4.31 Å². The van der Waals surface area contributed by atoms with E-state index in [0.29, 0.717) is 88.1 Å². The highest BCUT2D eigenvalue weighted by Gasteiger charge is 2.44. The Hall–Kier alpha value is -3.72. The van der Waals surface area contributed by atoms with Gasteiger partial charge in [-0.15, -0.1) is 0 Å². The van der Waals surface area contributed by atoms with Crippen molar-refractivity contribution >= 4 is 51.0 Å². The maximum atomic E-state index is 16.1. The van der Waals surface area contributed by atoms with Crippen LogP contribution in [0, 0.1) is 5.92 Å². The first kappa shape index (κ1) is 45.4. The van der Waals surface area contributed by atoms with E-state index in [1.54, 1.807) is 17.0 Å². The number of urea groups is 1. The molecule has 9 N–H and O–H groups in total. The number of carbonyl (C=O) groups excluding carboxylic acids is 2. The number of nitrogens with zero attached hydrogens (tertiary/aromatic N) is 5. The van der Waals surface area contributed by atoms with Crippen molar-refractivity contribution < 1.29 is 41.2 Å². The fourth-order valence-corrected chi connectivity index (χ4v) is 9.95. The van der Waals surface area contributed by atoms with Gasteiger partial charge >= 0.3 is 12.0 Å². The predicted octanol–water partition coefficient (Wildman–Crippen LogP) is 2.25. The molecule has 1 atom stereocenters. The minimum atomic E-state index is -3.86. The van der Waals surface area contributed by atoms with Gasteiger partial charge in [-0.1, -0.05) is 11.6 Å². The highest BCUT2D eigenvalue weighted by Crippen LogP contribution is 2.45. The van der Waals surface area contributed by atoms with Gasteiger partial charge in [-0.25, -0.2) is 31.8 Å². The Morgan fingerprint density at radius 3 is 2.16 bits per heavy atom. The molecule has 0 radical (unpaired) electrons. The number of amides is 3. The van der Waals surface area contributed by atoms with Gasteiger partial charge in [0, 0.05) is 94.2 Å². The largest absolute Gasteiger partial charge is 0.477 e. The Morgan fingerprint density at radius 2 is 1.59 bits per heavy atom. The Kier molecular flexibility index (Phi) is 15.7. The molecule has 2 saturated heterocycles. The van der Waals surface area contributed by atoms with E-state index in [4.69, 9.17) is 28.8 Å². The van der Waals surface area contributed by atoms with Crippen molar-refractivity contribution in [2.24, 2.45) is 23.1 Å². The third-order valence-electron chi connectivity index (χ3n) is 11.5. The zero-order valence-electron chi connectivity index (χ0n) is 32.8. The van der Waals surface area contributed by atoms with Crippen molar-refractivity contribution in [1.29, 1.82) is 0 Å². The molecule has 1 aromatic carbocycles. The van der Waals surface area contributed by atoms with Crippen LogP contribution in [0.1, 0.15) is 56.9 Å². The number of sulfonamides is 1. The Labute approximate surface area is 344 Å². The summed E-state index contributed by atoms with van der Waals surface area (Å²) >= 11 is 6.30. The summed E-state index contributed by atoms with van der Waals surface area (Å²) in [5.41, 5.74) is 17.6. The van der Waals surface area contributed by atoms with Crippen molar-refractivity contribution in [2.45, 2.75) is 74.3 Å². The van der Waals surface area contributed by atoms with Gasteiger partial charge < -0.3 is 47.2 Å². The summed E-state index contributed by atoms with van der Waals surface area (Å²) in [5.74, 6) is -5.00. The van der Waals surface area contributed by atoms with E-state index in [-0.39, 0.29) is 91.4 Å². The molecule has 0 spiro atoms. The molecule has 3 fully saturated rings. The topological polar surface area (TPSA) is 230 Å². The molecule has 1 saturated carbocycles. The highest BCUT2D eigenvalue weighted by molar-refractivity contribution is 7.89.